The second kappa shape index (κ2) is 6.18. The molecule has 3 heterocycles. The second-order valence-electron chi connectivity index (χ2n) is 4.92. The molecule has 3 aromatic rings. The monoisotopic (exact) mass is 399 g/mol. The second-order valence-corrected chi connectivity index (χ2v) is 6.64. The third-order valence-electron chi connectivity index (χ3n) is 3.41. The van der Waals surface area contributed by atoms with Gasteiger partial charge in [0.25, 0.3) is 5.91 Å². The van der Waals surface area contributed by atoms with E-state index >= 15 is 0 Å². The number of amidine groups is 1. The third kappa shape index (κ3) is 2.61. The Morgan fingerprint density at radius 3 is 2.79 bits per heavy atom. The number of benzene rings is 1. The summed E-state index contributed by atoms with van der Waals surface area (Å²) in [4.78, 5) is 23.2. The van der Waals surface area contributed by atoms with Crippen molar-refractivity contribution in [2.45, 2.75) is 0 Å². The number of amides is 1. The highest BCUT2D eigenvalue weighted by Crippen LogP contribution is 2.31. The average Bonchev–Trinajstić information content (AvgIpc) is 3.31. The van der Waals surface area contributed by atoms with Gasteiger partial charge in [0.05, 0.1) is 6.26 Å². The molecule has 0 N–H and O–H groups in total. The van der Waals surface area contributed by atoms with Crippen molar-refractivity contribution < 1.29 is 9.21 Å². The number of nitrogens with zero attached hydrogens (tertiary/aromatic N) is 3. The van der Waals surface area contributed by atoms with Crippen LogP contribution in [0, 0.1) is 0 Å². The number of thiazole rings is 1. The van der Waals surface area contributed by atoms with Gasteiger partial charge in [-0.3, -0.25) is 4.79 Å². The summed E-state index contributed by atoms with van der Waals surface area (Å²) in [6.45, 7) is 0. The summed E-state index contributed by atoms with van der Waals surface area (Å²) in [5.41, 5.74) is 1.13. The van der Waals surface area contributed by atoms with Crippen molar-refractivity contribution in [1.29, 1.82) is 0 Å². The predicted molar refractivity (Wildman–Crippen MR) is 97.0 cm³/mol. The number of aromatic nitrogens is 1. The van der Waals surface area contributed by atoms with E-state index in [2.05, 4.69) is 25.9 Å². The van der Waals surface area contributed by atoms with Gasteiger partial charge in [-0.25, -0.2) is 14.9 Å². The molecule has 5 nitrogen and oxygen atoms in total. The van der Waals surface area contributed by atoms with Crippen molar-refractivity contribution in [3.05, 3.63) is 75.7 Å². The summed E-state index contributed by atoms with van der Waals surface area (Å²) in [6.07, 6.45) is 4.86. The van der Waals surface area contributed by atoms with E-state index in [0.29, 0.717) is 22.4 Å². The fourth-order valence-corrected chi connectivity index (χ4v) is 3.45. The number of hydrogen-bond donors (Lipinski definition) is 0. The molecule has 0 aliphatic carbocycles. The maximum atomic E-state index is 12.9. The molecule has 0 radical (unpaired) electrons. The highest BCUT2D eigenvalue weighted by molar-refractivity contribution is 9.10. The van der Waals surface area contributed by atoms with Gasteiger partial charge in [-0.15, -0.1) is 11.3 Å². The average molecular weight is 400 g/mol. The summed E-state index contributed by atoms with van der Waals surface area (Å²) in [6, 6.07) is 11.2. The first-order valence-corrected chi connectivity index (χ1v) is 8.74. The Kier molecular flexibility index (Phi) is 3.87. The fourth-order valence-electron chi connectivity index (χ4n) is 2.35. The zero-order valence-electron chi connectivity index (χ0n) is 12.2. The van der Waals surface area contributed by atoms with E-state index in [4.69, 9.17) is 4.42 Å². The molecule has 0 saturated heterocycles. The number of furan rings is 1. The highest BCUT2D eigenvalue weighted by atomic mass is 79.9. The molecule has 1 amide bonds. The molecular weight excluding hydrogens is 390 g/mol. The van der Waals surface area contributed by atoms with E-state index in [0.717, 1.165) is 10.0 Å². The molecule has 0 fully saturated rings. The summed E-state index contributed by atoms with van der Waals surface area (Å²) >= 11 is 4.91. The van der Waals surface area contributed by atoms with E-state index in [9.17, 15) is 4.79 Å². The lowest BCUT2D eigenvalue weighted by atomic mass is 10.2. The number of halogens is 1. The number of aliphatic imine (C=N–C) groups is 1. The molecule has 2 aromatic heterocycles. The van der Waals surface area contributed by atoms with Crippen molar-refractivity contribution in [2.75, 3.05) is 4.90 Å². The molecule has 1 aliphatic heterocycles. The van der Waals surface area contributed by atoms with Crippen molar-refractivity contribution in [2.24, 2.45) is 4.99 Å². The molecule has 1 aromatic carbocycles. The largest absolute Gasteiger partial charge is 0.465 e. The zero-order valence-corrected chi connectivity index (χ0v) is 14.6. The molecule has 0 atom stereocenters. The Morgan fingerprint density at radius 1 is 1.21 bits per heavy atom. The smallest absolute Gasteiger partial charge is 0.284 e. The zero-order chi connectivity index (χ0) is 16.5. The van der Waals surface area contributed by atoms with E-state index in [-0.39, 0.29) is 5.91 Å². The Bertz CT molecular complexity index is 946. The standard InChI is InChI=1S/C17H10BrN3O2S/c18-13-6-2-1-5-12(13)15-20-14(10-11-4-3-8-23-11)16(22)21(15)17-19-7-9-24-17/h1-10H/b14-10+. The van der Waals surface area contributed by atoms with Crippen molar-refractivity contribution >= 4 is 50.2 Å². The molecule has 24 heavy (non-hydrogen) atoms. The maximum absolute atomic E-state index is 12.9. The highest BCUT2D eigenvalue weighted by Gasteiger charge is 2.34. The Morgan fingerprint density at radius 2 is 2.08 bits per heavy atom. The molecule has 0 spiro atoms. The molecular formula is C17H10BrN3O2S. The first-order chi connectivity index (χ1) is 11.7. The van der Waals surface area contributed by atoms with Gasteiger partial charge < -0.3 is 4.42 Å². The lowest BCUT2D eigenvalue weighted by Gasteiger charge is -2.15. The van der Waals surface area contributed by atoms with Gasteiger partial charge in [0, 0.05) is 27.7 Å². The van der Waals surface area contributed by atoms with Crippen LogP contribution in [0.2, 0.25) is 0 Å². The molecule has 0 unspecified atom stereocenters. The lowest BCUT2D eigenvalue weighted by molar-refractivity contribution is -0.113. The van der Waals surface area contributed by atoms with E-state index < -0.39 is 0 Å². The molecule has 118 valence electrons. The summed E-state index contributed by atoms with van der Waals surface area (Å²) < 4.78 is 6.15. The summed E-state index contributed by atoms with van der Waals surface area (Å²) in [5, 5.41) is 2.41. The molecule has 7 heteroatoms. The van der Waals surface area contributed by atoms with E-state index in [1.54, 1.807) is 30.7 Å². The van der Waals surface area contributed by atoms with E-state index in [1.165, 1.54) is 16.2 Å². The SMILES string of the molecule is O=C1/C(=C\c2ccco2)N=C(c2ccccc2Br)N1c1nccs1. The van der Waals surface area contributed by atoms with Crippen LogP contribution >= 0.6 is 27.3 Å². The van der Waals surface area contributed by atoms with Crippen LogP contribution in [-0.2, 0) is 4.79 Å². The number of hydrogen-bond acceptors (Lipinski definition) is 5. The Hall–Kier alpha value is -2.51. The first kappa shape index (κ1) is 15.0. The number of rotatable bonds is 3. The van der Waals surface area contributed by atoms with Crippen LogP contribution in [0.25, 0.3) is 6.08 Å². The molecule has 0 saturated carbocycles. The van der Waals surface area contributed by atoms with Crippen LogP contribution in [0.5, 0.6) is 0 Å². The lowest BCUT2D eigenvalue weighted by Crippen LogP contribution is -2.32. The minimum absolute atomic E-state index is 0.230. The van der Waals surface area contributed by atoms with Gasteiger partial charge in [0.1, 0.15) is 11.5 Å². The summed E-state index contributed by atoms with van der Waals surface area (Å²) in [5.74, 6) is 0.891. The van der Waals surface area contributed by atoms with E-state index in [1.807, 2.05) is 29.6 Å². The van der Waals surface area contributed by atoms with Crippen molar-refractivity contribution in [3.63, 3.8) is 0 Å². The van der Waals surface area contributed by atoms with Crippen LogP contribution in [0.1, 0.15) is 11.3 Å². The normalized spacial score (nSPS) is 16.0. The van der Waals surface area contributed by atoms with Gasteiger partial charge in [0.15, 0.2) is 11.0 Å². The van der Waals surface area contributed by atoms with Gasteiger partial charge in [0.2, 0.25) is 0 Å². The van der Waals surface area contributed by atoms with Crippen LogP contribution in [0.4, 0.5) is 5.13 Å². The minimum atomic E-state index is -0.230. The number of anilines is 1. The molecule has 1 aliphatic rings. The van der Waals surface area contributed by atoms with Crippen LogP contribution < -0.4 is 4.90 Å². The van der Waals surface area contributed by atoms with Gasteiger partial charge >= 0.3 is 0 Å². The number of carbonyl (C=O) groups excluding carboxylic acids is 1. The minimum Gasteiger partial charge on any atom is -0.465 e. The van der Waals surface area contributed by atoms with Gasteiger partial charge in [-0.05, 0) is 18.2 Å². The van der Waals surface area contributed by atoms with Crippen LogP contribution in [0.15, 0.2) is 73.8 Å². The first-order valence-electron chi connectivity index (χ1n) is 7.07. The fraction of sp³-hybridized carbons (Fsp3) is 0. The predicted octanol–water partition coefficient (Wildman–Crippen LogP) is 4.33. The number of carbonyl (C=O) groups is 1. The summed E-state index contributed by atoms with van der Waals surface area (Å²) in [7, 11) is 0. The van der Waals surface area contributed by atoms with Crippen LogP contribution in [0.3, 0.4) is 0 Å². The van der Waals surface area contributed by atoms with Crippen LogP contribution in [-0.4, -0.2) is 16.7 Å². The Balaban J connectivity index is 1.86. The molecule has 4 rings (SSSR count). The molecule has 0 bridgehead atoms. The van der Waals surface area contributed by atoms with Crippen molar-refractivity contribution in [1.82, 2.24) is 4.98 Å². The maximum Gasteiger partial charge on any atom is 0.284 e. The third-order valence-corrected chi connectivity index (χ3v) is 4.86. The van der Waals surface area contributed by atoms with Gasteiger partial charge in [-0.1, -0.05) is 34.1 Å². The quantitative estimate of drug-likeness (QED) is 0.615. The van der Waals surface area contributed by atoms with Crippen molar-refractivity contribution in [3.8, 4) is 0 Å². The van der Waals surface area contributed by atoms with Gasteiger partial charge in [-0.2, -0.15) is 0 Å². The Labute approximate surface area is 150 Å². The topological polar surface area (TPSA) is 58.7 Å².